The van der Waals surface area contributed by atoms with Crippen molar-refractivity contribution < 1.29 is 9.90 Å². The minimum Gasteiger partial charge on any atom is -0.476 e. The number of hydrogen-bond donors (Lipinski definition) is 1. The number of carbonyl (C=O) groups is 1. The number of rotatable bonds is 1. The van der Waals surface area contributed by atoms with Crippen LogP contribution in [0, 0.1) is 0 Å². The van der Waals surface area contributed by atoms with E-state index in [1.165, 1.54) is 6.42 Å². The predicted molar refractivity (Wildman–Crippen MR) is 51.4 cm³/mol. The van der Waals surface area contributed by atoms with Gasteiger partial charge in [0.05, 0.1) is 0 Å². The van der Waals surface area contributed by atoms with Crippen LogP contribution in [0.15, 0.2) is 0 Å². The van der Waals surface area contributed by atoms with Gasteiger partial charge < -0.3 is 5.11 Å². The van der Waals surface area contributed by atoms with E-state index in [1.807, 2.05) is 7.05 Å². The van der Waals surface area contributed by atoms with Crippen molar-refractivity contribution in [2.45, 2.75) is 32.1 Å². The summed E-state index contributed by atoms with van der Waals surface area (Å²) in [4.78, 5) is 10.9. The molecule has 4 nitrogen and oxygen atoms in total. The highest BCUT2D eigenvalue weighted by Gasteiger charge is 2.21. The molecule has 1 aromatic heterocycles. The number of carboxylic acid groups (broad SMARTS) is 1. The average molecular weight is 194 g/mol. The van der Waals surface area contributed by atoms with Crippen LogP contribution in [0.4, 0.5) is 0 Å². The number of aromatic carboxylic acids is 1. The Labute approximate surface area is 82.5 Å². The lowest BCUT2D eigenvalue weighted by molar-refractivity contribution is 0.0688. The minimum absolute atomic E-state index is 0.254. The molecule has 0 aliphatic heterocycles. The summed E-state index contributed by atoms with van der Waals surface area (Å²) in [5.41, 5.74) is 2.32. The Morgan fingerprint density at radius 3 is 2.79 bits per heavy atom. The summed E-state index contributed by atoms with van der Waals surface area (Å²) in [5.74, 6) is -0.899. The topological polar surface area (TPSA) is 55.1 Å². The lowest BCUT2D eigenvalue weighted by Crippen LogP contribution is -2.02. The summed E-state index contributed by atoms with van der Waals surface area (Å²) >= 11 is 0. The number of nitrogens with zero attached hydrogens (tertiary/aromatic N) is 2. The Kier molecular flexibility index (Phi) is 2.27. The number of carboxylic acids is 1. The van der Waals surface area contributed by atoms with Gasteiger partial charge in [-0.2, -0.15) is 5.10 Å². The first-order valence-electron chi connectivity index (χ1n) is 4.98. The standard InChI is InChI=1S/C10H14N2O2/c1-12-8-6-4-2-3-5-7(8)9(11-12)10(13)14/h2-6H2,1H3,(H,13,14). The third kappa shape index (κ3) is 1.41. The van der Waals surface area contributed by atoms with Crippen LogP contribution >= 0.6 is 0 Å². The summed E-state index contributed by atoms with van der Waals surface area (Å²) < 4.78 is 1.73. The van der Waals surface area contributed by atoms with Crippen LogP contribution in [0.3, 0.4) is 0 Å². The highest BCUT2D eigenvalue weighted by Crippen LogP contribution is 2.23. The van der Waals surface area contributed by atoms with Gasteiger partial charge in [-0.1, -0.05) is 6.42 Å². The second-order valence-electron chi connectivity index (χ2n) is 3.76. The van der Waals surface area contributed by atoms with Crippen LogP contribution < -0.4 is 0 Å². The number of fused-ring (bicyclic) bond motifs is 1. The molecule has 0 spiro atoms. The van der Waals surface area contributed by atoms with E-state index in [9.17, 15) is 4.79 Å². The quantitative estimate of drug-likeness (QED) is 0.687. The van der Waals surface area contributed by atoms with Crippen molar-refractivity contribution in [2.75, 3.05) is 0 Å². The van der Waals surface area contributed by atoms with E-state index in [0.29, 0.717) is 0 Å². The third-order valence-electron chi connectivity index (χ3n) is 2.82. The number of aromatic nitrogens is 2. The maximum Gasteiger partial charge on any atom is 0.356 e. The molecule has 2 rings (SSSR count). The highest BCUT2D eigenvalue weighted by molar-refractivity contribution is 5.87. The first-order valence-corrected chi connectivity index (χ1v) is 4.98. The summed E-state index contributed by atoms with van der Waals surface area (Å²) in [6.45, 7) is 0. The summed E-state index contributed by atoms with van der Waals surface area (Å²) in [6.07, 6.45) is 5.25. The second-order valence-corrected chi connectivity index (χ2v) is 3.76. The van der Waals surface area contributed by atoms with Crippen molar-refractivity contribution in [3.05, 3.63) is 17.0 Å². The van der Waals surface area contributed by atoms with Crippen LogP contribution in [-0.4, -0.2) is 20.9 Å². The zero-order chi connectivity index (χ0) is 10.1. The predicted octanol–water partition coefficient (Wildman–Crippen LogP) is 1.39. The monoisotopic (exact) mass is 194 g/mol. The summed E-state index contributed by atoms with van der Waals surface area (Å²) in [7, 11) is 1.83. The molecule has 1 aliphatic rings. The van der Waals surface area contributed by atoms with Crippen molar-refractivity contribution >= 4 is 5.97 Å². The lowest BCUT2D eigenvalue weighted by atomic mass is 10.1. The van der Waals surface area contributed by atoms with Crippen LogP contribution in [0.5, 0.6) is 0 Å². The van der Waals surface area contributed by atoms with Crippen molar-refractivity contribution in [3.63, 3.8) is 0 Å². The van der Waals surface area contributed by atoms with Crippen molar-refractivity contribution in [2.24, 2.45) is 7.05 Å². The molecule has 0 bridgehead atoms. The molecule has 76 valence electrons. The molecule has 1 heterocycles. The highest BCUT2D eigenvalue weighted by atomic mass is 16.4. The van der Waals surface area contributed by atoms with Crippen LogP contribution in [0.1, 0.15) is 41.0 Å². The fraction of sp³-hybridized carbons (Fsp3) is 0.600. The van der Waals surface area contributed by atoms with E-state index in [-0.39, 0.29) is 5.69 Å². The molecular formula is C10H14N2O2. The van der Waals surface area contributed by atoms with Gasteiger partial charge in [-0.15, -0.1) is 0 Å². The van der Waals surface area contributed by atoms with E-state index >= 15 is 0 Å². The van der Waals surface area contributed by atoms with E-state index < -0.39 is 5.97 Å². The van der Waals surface area contributed by atoms with Gasteiger partial charge in [0.2, 0.25) is 0 Å². The first-order chi connectivity index (χ1) is 6.70. The van der Waals surface area contributed by atoms with Crippen LogP contribution in [-0.2, 0) is 19.9 Å². The maximum atomic E-state index is 10.9. The summed E-state index contributed by atoms with van der Waals surface area (Å²) in [6, 6.07) is 0. The molecular weight excluding hydrogens is 180 g/mol. The van der Waals surface area contributed by atoms with Crippen molar-refractivity contribution in [1.29, 1.82) is 0 Å². The zero-order valence-corrected chi connectivity index (χ0v) is 8.29. The normalized spacial score (nSPS) is 16.1. The number of hydrogen-bond acceptors (Lipinski definition) is 2. The molecule has 0 radical (unpaired) electrons. The van der Waals surface area contributed by atoms with Gasteiger partial charge in [-0.05, 0) is 25.7 Å². The third-order valence-corrected chi connectivity index (χ3v) is 2.82. The van der Waals surface area contributed by atoms with Gasteiger partial charge in [-0.3, -0.25) is 4.68 Å². The number of aryl methyl sites for hydroxylation is 1. The molecule has 0 saturated carbocycles. The Bertz CT molecular complexity index is 368. The molecule has 0 saturated heterocycles. The fourth-order valence-corrected chi connectivity index (χ4v) is 2.12. The average Bonchev–Trinajstić information content (AvgIpc) is 2.38. The Morgan fingerprint density at radius 2 is 2.07 bits per heavy atom. The molecule has 0 fully saturated rings. The molecule has 0 aromatic carbocycles. The van der Waals surface area contributed by atoms with Gasteiger partial charge in [0, 0.05) is 18.3 Å². The van der Waals surface area contributed by atoms with Crippen LogP contribution in [0.2, 0.25) is 0 Å². The van der Waals surface area contributed by atoms with Gasteiger partial charge >= 0.3 is 5.97 Å². The lowest BCUT2D eigenvalue weighted by Gasteiger charge is -1.99. The van der Waals surface area contributed by atoms with Crippen molar-refractivity contribution in [3.8, 4) is 0 Å². The Hall–Kier alpha value is -1.32. The van der Waals surface area contributed by atoms with E-state index in [0.717, 1.165) is 36.9 Å². The van der Waals surface area contributed by atoms with E-state index in [1.54, 1.807) is 4.68 Å². The molecule has 0 unspecified atom stereocenters. The molecule has 1 N–H and O–H groups in total. The van der Waals surface area contributed by atoms with Crippen LogP contribution in [0.25, 0.3) is 0 Å². The zero-order valence-electron chi connectivity index (χ0n) is 8.29. The Balaban J connectivity index is 2.49. The molecule has 1 aromatic rings. The smallest absolute Gasteiger partial charge is 0.356 e. The van der Waals surface area contributed by atoms with E-state index in [4.69, 9.17) is 5.11 Å². The SMILES string of the molecule is Cn1nc(C(=O)O)c2c1CCCCC2. The van der Waals surface area contributed by atoms with Gasteiger partial charge in [0.15, 0.2) is 5.69 Å². The fourth-order valence-electron chi connectivity index (χ4n) is 2.12. The molecule has 14 heavy (non-hydrogen) atoms. The molecule has 4 heteroatoms. The molecule has 0 atom stereocenters. The van der Waals surface area contributed by atoms with E-state index in [2.05, 4.69) is 5.10 Å². The van der Waals surface area contributed by atoms with Crippen molar-refractivity contribution in [1.82, 2.24) is 9.78 Å². The van der Waals surface area contributed by atoms with Gasteiger partial charge in [-0.25, -0.2) is 4.79 Å². The van der Waals surface area contributed by atoms with Gasteiger partial charge in [0.25, 0.3) is 0 Å². The molecule has 1 aliphatic carbocycles. The first kappa shape index (κ1) is 9.24. The Morgan fingerprint density at radius 1 is 1.36 bits per heavy atom. The maximum absolute atomic E-state index is 10.9. The second kappa shape index (κ2) is 3.44. The van der Waals surface area contributed by atoms with Gasteiger partial charge in [0.1, 0.15) is 0 Å². The minimum atomic E-state index is -0.899. The largest absolute Gasteiger partial charge is 0.476 e. The summed E-state index contributed by atoms with van der Waals surface area (Å²) in [5, 5.41) is 13.0. The molecule has 0 amide bonds.